The van der Waals surface area contributed by atoms with E-state index in [9.17, 15) is 9.18 Å². The molecule has 2 aromatic carbocycles. The van der Waals surface area contributed by atoms with Gasteiger partial charge in [0, 0.05) is 42.7 Å². The minimum absolute atomic E-state index is 0.0844. The number of halogens is 1. The van der Waals surface area contributed by atoms with Gasteiger partial charge in [0.1, 0.15) is 5.82 Å². The number of hydrogen-bond acceptors (Lipinski definition) is 3. The molecule has 1 saturated heterocycles. The SMILES string of the molecule is COC[C@H]1[C@@H](NC(=O)c2ccc(-c3ccccc3F)cc2)[C@H]2CCO[C@H]21. The highest BCUT2D eigenvalue weighted by Crippen LogP contribution is 2.43. The van der Waals surface area contributed by atoms with Crippen LogP contribution in [0.3, 0.4) is 0 Å². The lowest BCUT2D eigenvalue weighted by Crippen LogP contribution is -2.62. The van der Waals surface area contributed by atoms with Crippen molar-refractivity contribution < 1.29 is 18.7 Å². The summed E-state index contributed by atoms with van der Waals surface area (Å²) in [5.74, 6) is 0.196. The first-order valence-corrected chi connectivity index (χ1v) is 8.95. The van der Waals surface area contributed by atoms with Crippen molar-refractivity contribution in [2.75, 3.05) is 20.3 Å². The molecule has 0 radical (unpaired) electrons. The van der Waals surface area contributed by atoms with Gasteiger partial charge in [-0.1, -0.05) is 30.3 Å². The van der Waals surface area contributed by atoms with E-state index in [1.807, 2.05) is 0 Å². The molecule has 4 atom stereocenters. The molecule has 4 rings (SSSR count). The number of carbonyl (C=O) groups excluding carboxylic acids is 1. The summed E-state index contributed by atoms with van der Waals surface area (Å²) in [6, 6.07) is 13.7. The van der Waals surface area contributed by atoms with Crippen molar-refractivity contribution in [1.29, 1.82) is 0 Å². The average Bonchev–Trinajstić information content (AvgIpc) is 3.09. The second-order valence-electron chi connectivity index (χ2n) is 6.96. The topological polar surface area (TPSA) is 47.6 Å². The van der Waals surface area contributed by atoms with Gasteiger partial charge in [-0.25, -0.2) is 4.39 Å². The van der Waals surface area contributed by atoms with Gasteiger partial charge in [-0.2, -0.15) is 0 Å². The molecule has 0 aromatic heterocycles. The van der Waals surface area contributed by atoms with Crippen LogP contribution in [-0.2, 0) is 9.47 Å². The maximum absolute atomic E-state index is 13.9. The van der Waals surface area contributed by atoms with Gasteiger partial charge >= 0.3 is 0 Å². The Morgan fingerprint density at radius 1 is 1.23 bits per heavy atom. The molecule has 2 aromatic rings. The summed E-state index contributed by atoms with van der Waals surface area (Å²) >= 11 is 0. The van der Waals surface area contributed by atoms with Gasteiger partial charge in [-0.15, -0.1) is 0 Å². The molecule has 1 heterocycles. The van der Waals surface area contributed by atoms with Crippen LogP contribution < -0.4 is 5.32 Å². The van der Waals surface area contributed by atoms with Crippen molar-refractivity contribution in [2.24, 2.45) is 11.8 Å². The van der Waals surface area contributed by atoms with Crippen LogP contribution in [0.4, 0.5) is 4.39 Å². The molecular formula is C21H22FNO3. The smallest absolute Gasteiger partial charge is 0.251 e. The molecular weight excluding hydrogens is 333 g/mol. The first-order valence-electron chi connectivity index (χ1n) is 8.95. The quantitative estimate of drug-likeness (QED) is 0.895. The number of nitrogens with one attached hydrogen (secondary N) is 1. The summed E-state index contributed by atoms with van der Waals surface area (Å²) in [5.41, 5.74) is 1.86. The number of benzene rings is 2. The summed E-state index contributed by atoms with van der Waals surface area (Å²) in [6.07, 6.45) is 1.17. The first kappa shape index (κ1) is 17.2. The van der Waals surface area contributed by atoms with Crippen LogP contribution in [0.5, 0.6) is 0 Å². The molecule has 1 aliphatic heterocycles. The average molecular weight is 355 g/mol. The number of hydrogen-bond donors (Lipinski definition) is 1. The number of ether oxygens (including phenoxy) is 2. The zero-order chi connectivity index (χ0) is 18.1. The minimum atomic E-state index is -0.270. The highest BCUT2D eigenvalue weighted by molar-refractivity contribution is 5.95. The number of methoxy groups -OCH3 is 1. The monoisotopic (exact) mass is 355 g/mol. The molecule has 1 N–H and O–H groups in total. The van der Waals surface area contributed by atoms with Gasteiger partial charge in [0.2, 0.25) is 0 Å². The number of amides is 1. The molecule has 5 heteroatoms. The lowest BCUT2D eigenvalue weighted by molar-refractivity contribution is -0.0809. The van der Waals surface area contributed by atoms with Gasteiger partial charge in [0.25, 0.3) is 5.91 Å². The number of fused-ring (bicyclic) bond motifs is 1. The van der Waals surface area contributed by atoms with Gasteiger partial charge in [-0.3, -0.25) is 4.79 Å². The molecule has 0 bridgehead atoms. The van der Waals surface area contributed by atoms with Gasteiger partial charge in [-0.05, 0) is 30.2 Å². The van der Waals surface area contributed by atoms with E-state index < -0.39 is 0 Å². The fraction of sp³-hybridized carbons (Fsp3) is 0.381. The molecule has 136 valence electrons. The summed E-state index contributed by atoms with van der Waals surface area (Å²) in [5, 5.41) is 3.14. The molecule has 1 aliphatic carbocycles. The maximum atomic E-state index is 13.9. The van der Waals surface area contributed by atoms with Crippen molar-refractivity contribution in [3.8, 4) is 11.1 Å². The Morgan fingerprint density at radius 3 is 2.73 bits per heavy atom. The summed E-state index contributed by atoms with van der Waals surface area (Å²) < 4.78 is 24.9. The van der Waals surface area contributed by atoms with E-state index in [0.717, 1.165) is 18.6 Å². The predicted octanol–water partition coefficient (Wildman–Crippen LogP) is 3.27. The van der Waals surface area contributed by atoms with Crippen LogP contribution in [-0.4, -0.2) is 38.4 Å². The van der Waals surface area contributed by atoms with Crippen molar-refractivity contribution in [3.63, 3.8) is 0 Å². The highest BCUT2D eigenvalue weighted by atomic mass is 19.1. The van der Waals surface area contributed by atoms with Gasteiger partial charge < -0.3 is 14.8 Å². The Balaban J connectivity index is 1.46. The molecule has 0 unspecified atom stereocenters. The lowest BCUT2D eigenvalue weighted by Gasteiger charge is -2.47. The molecule has 0 spiro atoms. The fourth-order valence-electron chi connectivity index (χ4n) is 4.17. The third kappa shape index (κ3) is 3.02. The Bertz CT molecular complexity index is 792. The van der Waals surface area contributed by atoms with E-state index in [-0.39, 0.29) is 29.8 Å². The van der Waals surface area contributed by atoms with Crippen molar-refractivity contribution in [1.82, 2.24) is 5.32 Å². The third-order valence-corrected chi connectivity index (χ3v) is 5.52. The Labute approximate surface area is 152 Å². The Hall–Kier alpha value is -2.24. The van der Waals surface area contributed by atoms with Crippen molar-refractivity contribution in [3.05, 3.63) is 59.9 Å². The minimum Gasteiger partial charge on any atom is -0.384 e. The summed E-state index contributed by atoms with van der Waals surface area (Å²) in [4.78, 5) is 12.6. The molecule has 2 aliphatic rings. The normalized spacial score (nSPS) is 26.8. The molecule has 1 saturated carbocycles. The van der Waals surface area contributed by atoms with Crippen LogP contribution >= 0.6 is 0 Å². The molecule has 2 fully saturated rings. The van der Waals surface area contributed by atoms with Crippen LogP contribution in [0.1, 0.15) is 16.8 Å². The standard InChI is InChI=1S/C21H22FNO3/c1-25-12-17-19(16-10-11-26-20(16)17)23-21(24)14-8-6-13(7-9-14)15-4-2-3-5-18(15)22/h2-9,16-17,19-20H,10-12H2,1H3,(H,23,24)/t16-,17+,19+,20-/m1/s1. The highest BCUT2D eigenvalue weighted by Gasteiger charge is 2.54. The van der Waals surface area contributed by atoms with Crippen LogP contribution in [0.2, 0.25) is 0 Å². The van der Waals surface area contributed by atoms with Crippen LogP contribution in [0, 0.1) is 17.7 Å². The molecule has 1 amide bonds. The van der Waals surface area contributed by atoms with Crippen LogP contribution in [0.25, 0.3) is 11.1 Å². The predicted molar refractivity (Wildman–Crippen MR) is 96.3 cm³/mol. The summed E-state index contributed by atoms with van der Waals surface area (Å²) in [7, 11) is 1.67. The third-order valence-electron chi connectivity index (χ3n) is 5.52. The van der Waals surface area contributed by atoms with Crippen molar-refractivity contribution in [2.45, 2.75) is 18.6 Å². The zero-order valence-corrected chi connectivity index (χ0v) is 14.7. The maximum Gasteiger partial charge on any atom is 0.251 e. The number of carbonyl (C=O) groups is 1. The molecule has 4 nitrogen and oxygen atoms in total. The van der Waals surface area contributed by atoms with Gasteiger partial charge in [0.15, 0.2) is 0 Å². The van der Waals surface area contributed by atoms with Crippen LogP contribution in [0.15, 0.2) is 48.5 Å². The Kier molecular flexibility index (Phi) is 4.74. The molecule has 26 heavy (non-hydrogen) atoms. The van der Waals surface area contributed by atoms with E-state index in [1.165, 1.54) is 6.07 Å². The van der Waals surface area contributed by atoms with E-state index >= 15 is 0 Å². The number of rotatable bonds is 5. The first-order chi connectivity index (χ1) is 12.7. The Morgan fingerprint density at radius 2 is 2.00 bits per heavy atom. The van der Waals surface area contributed by atoms with E-state index in [1.54, 1.807) is 49.6 Å². The van der Waals surface area contributed by atoms with Gasteiger partial charge in [0.05, 0.1) is 12.7 Å². The zero-order valence-electron chi connectivity index (χ0n) is 14.7. The van der Waals surface area contributed by atoms with E-state index in [2.05, 4.69) is 5.32 Å². The van der Waals surface area contributed by atoms with E-state index in [0.29, 0.717) is 23.7 Å². The second kappa shape index (κ2) is 7.17. The van der Waals surface area contributed by atoms with Crippen molar-refractivity contribution >= 4 is 5.91 Å². The largest absolute Gasteiger partial charge is 0.384 e. The summed E-state index contributed by atoms with van der Waals surface area (Å²) in [6.45, 7) is 1.33. The second-order valence-corrected chi connectivity index (χ2v) is 6.96. The fourth-order valence-corrected chi connectivity index (χ4v) is 4.17. The lowest BCUT2D eigenvalue weighted by atomic mass is 9.67. The van der Waals surface area contributed by atoms with E-state index in [4.69, 9.17) is 9.47 Å².